The summed E-state index contributed by atoms with van der Waals surface area (Å²) in [7, 11) is 0. The zero-order valence-electron chi connectivity index (χ0n) is 12.8. The molecule has 0 amide bonds. The highest BCUT2D eigenvalue weighted by molar-refractivity contribution is 5.95. The molecule has 2 aromatic heterocycles. The predicted octanol–water partition coefficient (Wildman–Crippen LogP) is 1.85. The van der Waals surface area contributed by atoms with Gasteiger partial charge >= 0.3 is 5.97 Å². The summed E-state index contributed by atoms with van der Waals surface area (Å²) in [5.74, 6) is -0.742. The average molecular weight is 321 g/mol. The van der Waals surface area contributed by atoms with E-state index in [2.05, 4.69) is 27.2 Å². The number of nitrogen functional groups attached to an aromatic ring is 1. The monoisotopic (exact) mass is 321 g/mol. The molecule has 0 fully saturated rings. The number of fused-ring (bicyclic) bond motifs is 2. The van der Waals surface area contributed by atoms with Crippen LogP contribution in [-0.4, -0.2) is 30.8 Å². The Morgan fingerprint density at radius 1 is 1.25 bits per heavy atom. The lowest BCUT2D eigenvalue weighted by Crippen LogP contribution is -2.11. The van der Waals surface area contributed by atoms with Crippen LogP contribution in [0.2, 0.25) is 0 Å². The number of benzene rings is 1. The molecule has 24 heavy (non-hydrogen) atoms. The quantitative estimate of drug-likeness (QED) is 0.713. The second-order valence-electron chi connectivity index (χ2n) is 5.79. The molecule has 0 unspecified atom stereocenters. The van der Waals surface area contributed by atoms with Crippen molar-refractivity contribution in [1.29, 1.82) is 0 Å². The van der Waals surface area contributed by atoms with E-state index in [1.807, 2.05) is 16.8 Å². The molecule has 1 aliphatic carbocycles. The summed E-state index contributed by atoms with van der Waals surface area (Å²) in [5, 5.41) is 14.0. The van der Waals surface area contributed by atoms with E-state index in [9.17, 15) is 4.79 Å². The van der Waals surface area contributed by atoms with Crippen molar-refractivity contribution in [3.05, 3.63) is 53.5 Å². The largest absolute Gasteiger partial charge is 0.478 e. The number of hydrogen-bond acceptors (Lipinski definition) is 5. The Hall–Kier alpha value is -3.22. The summed E-state index contributed by atoms with van der Waals surface area (Å²) in [4.78, 5) is 19.2. The van der Waals surface area contributed by atoms with Crippen molar-refractivity contribution >= 4 is 28.9 Å². The van der Waals surface area contributed by atoms with Crippen molar-refractivity contribution in [2.45, 2.75) is 18.9 Å². The summed E-state index contributed by atoms with van der Waals surface area (Å²) >= 11 is 0. The Morgan fingerprint density at radius 2 is 1.96 bits per heavy atom. The second kappa shape index (κ2) is 5.45. The first kappa shape index (κ1) is 14.4. The van der Waals surface area contributed by atoms with Crippen molar-refractivity contribution in [3.8, 4) is 0 Å². The normalized spacial score (nSPS) is 14.5. The van der Waals surface area contributed by atoms with Crippen LogP contribution in [-0.2, 0) is 17.6 Å². The molecule has 0 saturated heterocycles. The SMILES string of the molecule is Nc1ncnc2c1c(C=CC(=O)O)nn2C1Cc2ccccc2C1. The molecule has 3 N–H and O–H groups in total. The van der Waals surface area contributed by atoms with Crippen molar-refractivity contribution in [1.82, 2.24) is 19.7 Å². The first-order valence-electron chi connectivity index (χ1n) is 7.60. The molecule has 1 aromatic carbocycles. The van der Waals surface area contributed by atoms with Crippen LogP contribution in [0.1, 0.15) is 22.9 Å². The second-order valence-corrected chi connectivity index (χ2v) is 5.79. The van der Waals surface area contributed by atoms with E-state index >= 15 is 0 Å². The van der Waals surface area contributed by atoms with E-state index in [0.717, 1.165) is 18.9 Å². The van der Waals surface area contributed by atoms with Crippen LogP contribution in [0.5, 0.6) is 0 Å². The summed E-state index contributed by atoms with van der Waals surface area (Å²) < 4.78 is 1.84. The van der Waals surface area contributed by atoms with Crippen molar-refractivity contribution in [3.63, 3.8) is 0 Å². The van der Waals surface area contributed by atoms with Crippen LogP contribution in [0.4, 0.5) is 5.82 Å². The number of nitrogens with two attached hydrogens (primary N) is 1. The lowest BCUT2D eigenvalue weighted by molar-refractivity contribution is -0.131. The molecule has 0 radical (unpaired) electrons. The summed E-state index contributed by atoms with van der Waals surface area (Å²) in [6.07, 6.45) is 5.60. The van der Waals surface area contributed by atoms with Crippen LogP contribution in [0.3, 0.4) is 0 Å². The molecular formula is C17H15N5O2. The first-order valence-corrected chi connectivity index (χ1v) is 7.60. The van der Waals surface area contributed by atoms with Crippen LogP contribution in [0.25, 0.3) is 17.1 Å². The molecular weight excluding hydrogens is 306 g/mol. The Morgan fingerprint density at radius 3 is 2.62 bits per heavy atom. The van der Waals surface area contributed by atoms with Gasteiger partial charge in [-0.3, -0.25) is 0 Å². The summed E-state index contributed by atoms with van der Waals surface area (Å²) in [6, 6.07) is 8.43. The molecule has 0 spiro atoms. The van der Waals surface area contributed by atoms with Gasteiger partial charge in [0.15, 0.2) is 5.65 Å². The van der Waals surface area contributed by atoms with Gasteiger partial charge in [-0.15, -0.1) is 0 Å². The Balaban J connectivity index is 1.82. The predicted molar refractivity (Wildman–Crippen MR) is 89.3 cm³/mol. The average Bonchev–Trinajstić information content (AvgIpc) is 3.14. The number of aliphatic carboxylic acids is 1. The van der Waals surface area contributed by atoms with Crippen LogP contribution < -0.4 is 5.73 Å². The molecule has 7 heteroatoms. The van der Waals surface area contributed by atoms with Gasteiger partial charge in [-0.1, -0.05) is 24.3 Å². The maximum atomic E-state index is 10.8. The van der Waals surface area contributed by atoms with Crippen LogP contribution >= 0.6 is 0 Å². The maximum absolute atomic E-state index is 10.8. The number of carboxylic acids is 1. The first-order chi connectivity index (χ1) is 11.6. The van der Waals surface area contributed by atoms with E-state index in [4.69, 9.17) is 10.8 Å². The highest BCUT2D eigenvalue weighted by atomic mass is 16.4. The molecule has 7 nitrogen and oxygen atoms in total. The zero-order valence-corrected chi connectivity index (χ0v) is 12.8. The van der Waals surface area contributed by atoms with Crippen LogP contribution in [0.15, 0.2) is 36.7 Å². The lowest BCUT2D eigenvalue weighted by Gasteiger charge is -2.10. The highest BCUT2D eigenvalue weighted by Crippen LogP contribution is 2.33. The fraction of sp³-hybridized carbons (Fsp3) is 0.176. The lowest BCUT2D eigenvalue weighted by atomic mass is 10.1. The third-order valence-electron chi connectivity index (χ3n) is 4.30. The van der Waals surface area contributed by atoms with Gasteiger partial charge in [-0.25, -0.2) is 19.4 Å². The fourth-order valence-corrected chi connectivity index (χ4v) is 3.25. The molecule has 0 saturated carbocycles. The van der Waals surface area contributed by atoms with E-state index in [1.165, 1.54) is 23.5 Å². The van der Waals surface area contributed by atoms with Gasteiger partial charge in [0.05, 0.1) is 17.1 Å². The minimum atomic E-state index is -1.04. The Labute approximate surface area is 137 Å². The summed E-state index contributed by atoms with van der Waals surface area (Å²) in [5.41, 5.74) is 9.68. The van der Waals surface area contributed by atoms with Gasteiger partial charge in [0.1, 0.15) is 12.1 Å². The molecule has 120 valence electrons. The molecule has 0 aliphatic heterocycles. The number of anilines is 1. The van der Waals surface area contributed by atoms with E-state index in [-0.39, 0.29) is 6.04 Å². The van der Waals surface area contributed by atoms with Gasteiger partial charge in [-0.05, 0) is 30.0 Å². The smallest absolute Gasteiger partial charge is 0.328 e. The van der Waals surface area contributed by atoms with Gasteiger partial charge in [0.25, 0.3) is 0 Å². The van der Waals surface area contributed by atoms with E-state index in [1.54, 1.807) is 0 Å². The van der Waals surface area contributed by atoms with E-state index in [0.29, 0.717) is 22.5 Å². The Kier molecular flexibility index (Phi) is 3.26. The topological polar surface area (TPSA) is 107 Å². The van der Waals surface area contributed by atoms with Crippen molar-refractivity contribution in [2.24, 2.45) is 0 Å². The maximum Gasteiger partial charge on any atom is 0.328 e. The molecule has 1 aliphatic rings. The standard InChI is InChI=1S/C17H15N5O2/c18-16-15-13(5-6-14(23)24)21-22(17(15)20-9-19-16)12-7-10-3-1-2-4-11(10)8-12/h1-6,9,12H,7-8H2,(H,23,24)(H2,18,19,20). The minimum absolute atomic E-state index is 0.131. The molecule has 4 rings (SSSR count). The van der Waals surface area contributed by atoms with Gasteiger partial charge in [0.2, 0.25) is 0 Å². The van der Waals surface area contributed by atoms with Crippen LogP contribution in [0, 0.1) is 0 Å². The number of nitrogens with zero attached hydrogens (tertiary/aromatic N) is 4. The molecule has 0 atom stereocenters. The number of carboxylic acid groups (broad SMARTS) is 1. The van der Waals surface area contributed by atoms with Crippen molar-refractivity contribution < 1.29 is 9.90 Å². The number of carbonyl (C=O) groups is 1. The fourth-order valence-electron chi connectivity index (χ4n) is 3.25. The van der Waals surface area contributed by atoms with Gasteiger partial charge in [-0.2, -0.15) is 5.10 Å². The van der Waals surface area contributed by atoms with Crippen molar-refractivity contribution in [2.75, 3.05) is 5.73 Å². The molecule has 3 aromatic rings. The van der Waals surface area contributed by atoms with Gasteiger partial charge in [0, 0.05) is 6.08 Å². The number of rotatable bonds is 3. The number of aromatic nitrogens is 4. The number of hydrogen-bond donors (Lipinski definition) is 2. The zero-order chi connectivity index (χ0) is 16.7. The molecule has 2 heterocycles. The molecule has 0 bridgehead atoms. The Bertz CT molecular complexity index is 951. The summed E-state index contributed by atoms with van der Waals surface area (Å²) in [6.45, 7) is 0. The minimum Gasteiger partial charge on any atom is -0.478 e. The van der Waals surface area contributed by atoms with E-state index < -0.39 is 5.97 Å². The third kappa shape index (κ3) is 2.30. The van der Waals surface area contributed by atoms with Gasteiger partial charge < -0.3 is 10.8 Å². The third-order valence-corrected chi connectivity index (χ3v) is 4.30. The highest BCUT2D eigenvalue weighted by Gasteiger charge is 2.26.